The van der Waals surface area contributed by atoms with Gasteiger partial charge < -0.3 is 9.80 Å². The van der Waals surface area contributed by atoms with Crippen molar-refractivity contribution >= 4 is 17.5 Å². The van der Waals surface area contributed by atoms with E-state index < -0.39 is 0 Å². The van der Waals surface area contributed by atoms with Gasteiger partial charge in [-0.25, -0.2) is 4.98 Å². The van der Waals surface area contributed by atoms with Crippen molar-refractivity contribution in [1.29, 1.82) is 0 Å². The first-order chi connectivity index (χ1) is 12.1. The summed E-state index contributed by atoms with van der Waals surface area (Å²) in [6.45, 7) is 3.06. The zero-order valence-electron chi connectivity index (χ0n) is 14.6. The van der Waals surface area contributed by atoms with Crippen LogP contribution in [0, 0.1) is 0 Å². The lowest BCUT2D eigenvalue weighted by Crippen LogP contribution is -2.49. The van der Waals surface area contributed by atoms with Gasteiger partial charge in [-0.3, -0.25) is 4.79 Å². The number of halogens is 1. The summed E-state index contributed by atoms with van der Waals surface area (Å²) in [6, 6.07) is 14.2. The van der Waals surface area contributed by atoms with E-state index in [-0.39, 0.29) is 11.9 Å². The van der Waals surface area contributed by atoms with E-state index in [0.717, 1.165) is 38.9 Å². The van der Waals surface area contributed by atoms with E-state index in [2.05, 4.69) is 34.1 Å². The Balaban J connectivity index is 1.57. The summed E-state index contributed by atoms with van der Waals surface area (Å²) >= 11 is 5.91. The van der Waals surface area contributed by atoms with E-state index in [9.17, 15) is 4.79 Å². The molecular weight excluding hydrogens is 334 g/mol. The number of aromatic nitrogens is 1. The number of likely N-dealkylation sites (N-methyl/N-ethyl adjacent to an activating group) is 1. The van der Waals surface area contributed by atoms with Crippen LogP contribution in [0.3, 0.4) is 0 Å². The molecule has 2 aromatic rings. The van der Waals surface area contributed by atoms with Crippen LogP contribution in [0.15, 0.2) is 48.7 Å². The monoisotopic (exact) mass is 357 g/mol. The number of hydrogen-bond acceptors (Lipinski definition) is 3. The molecule has 2 heterocycles. The molecule has 0 N–H and O–H groups in total. The van der Waals surface area contributed by atoms with Crippen LogP contribution in [-0.4, -0.2) is 53.4 Å². The molecular formula is C20H24ClN3O. The number of hydrogen-bond donors (Lipinski definition) is 0. The minimum atomic E-state index is 0.0132. The van der Waals surface area contributed by atoms with Gasteiger partial charge in [-0.2, -0.15) is 0 Å². The second-order valence-electron chi connectivity index (χ2n) is 6.62. The van der Waals surface area contributed by atoms with Crippen LogP contribution < -0.4 is 0 Å². The first-order valence-corrected chi connectivity index (χ1v) is 9.16. The molecule has 1 fully saturated rings. The number of likely N-dealkylation sites (tertiary alicyclic amines) is 1. The lowest BCUT2D eigenvalue weighted by Gasteiger charge is -2.37. The molecule has 25 heavy (non-hydrogen) atoms. The Bertz CT molecular complexity index is 707. The minimum Gasteiger partial charge on any atom is -0.337 e. The molecule has 4 nitrogen and oxygen atoms in total. The van der Waals surface area contributed by atoms with Gasteiger partial charge in [-0.15, -0.1) is 0 Å². The molecule has 0 saturated carbocycles. The average Bonchev–Trinajstić information content (AvgIpc) is 2.66. The summed E-state index contributed by atoms with van der Waals surface area (Å²) < 4.78 is 0. The molecule has 1 aromatic heterocycles. The van der Waals surface area contributed by atoms with Gasteiger partial charge in [-0.1, -0.05) is 41.9 Å². The van der Waals surface area contributed by atoms with Crippen LogP contribution >= 0.6 is 11.6 Å². The van der Waals surface area contributed by atoms with Crippen molar-refractivity contribution < 1.29 is 4.79 Å². The maximum absolute atomic E-state index is 12.7. The lowest BCUT2D eigenvalue weighted by molar-refractivity contribution is 0.0619. The van der Waals surface area contributed by atoms with Crippen molar-refractivity contribution in [3.05, 3.63) is 64.9 Å². The summed E-state index contributed by atoms with van der Waals surface area (Å²) in [5.41, 5.74) is 1.96. The Hall–Kier alpha value is -1.91. The molecule has 5 heteroatoms. The molecule has 132 valence electrons. The maximum Gasteiger partial charge on any atom is 0.254 e. The standard InChI is InChI=1S/C20H24ClN3O/c1-23(20(25)17-9-11-22-19(21)14-17)18-8-5-12-24(15-18)13-10-16-6-3-2-4-7-16/h2-4,6-7,9,11,14,18H,5,8,10,12-13,15H2,1H3. The van der Waals surface area contributed by atoms with Gasteiger partial charge in [0.15, 0.2) is 0 Å². The Morgan fingerprint density at radius 2 is 2.12 bits per heavy atom. The van der Waals surface area contributed by atoms with Gasteiger partial charge in [0, 0.05) is 37.9 Å². The van der Waals surface area contributed by atoms with E-state index in [1.54, 1.807) is 18.3 Å². The van der Waals surface area contributed by atoms with Gasteiger partial charge in [0.2, 0.25) is 0 Å². The van der Waals surface area contributed by atoms with Crippen molar-refractivity contribution in [2.45, 2.75) is 25.3 Å². The van der Waals surface area contributed by atoms with E-state index in [0.29, 0.717) is 10.7 Å². The molecule has 0 aliphatic carbocycles. The molecule has 1 amide bonds. The quantitative estimate of drug-likeness (QED) is 0.768. The largest absolute Gasteiger partial charge is 0.337 e. The number of carbonyl (C=O) groups is 1. The summed E-state index contributed by atoms with van der Waals surface area (Å²) in [4.78, 5) is 21.0. The van der Waals surface area contributed by atoms with Gasteiger partial charge in [-0.05, 0) is 43.5 Å². The van der Waals surface area contributed by atoms with Crippen LogP contribution in [0.25, 0.3) is 0 Å². The first-order valence-electron chi connectivity index (χ1n) is 8.78. The zero-order valence-corrected chi connectivity index (χ0v) is 15.3. The maximum atomic E-state index is 12.7. The molecule has 1 aliphatic rings. The molecule has 0 radical (unpaired) electrons. The fourth-order valence-corrected chi connectivity index (χ4v) is 3.56. The van der Waals surface area contributed by atoms with Crippen LogP contribution in [0.5, 0.6) is 0 Å². The molecule has 1 unspecified atom stereocenters. The third kappa shape index (κ3) is 4.80. The fraction of sp³-hybridized carbons (Fsp3) is 0.400. The van der Waals surface area contributed by atoms with Crippen molar-refractivity contribution in [3.8, 4) is 0 Å². The van der Waals surface area contributed by atoms with Crippen LogP contribution in [-0.2, 0) is 6.42 Å². The Kier molecular flexibility index (Phi) is 6.05. The molecule has 1 aromatic carbocycles. The third-order valence-electron chi connectivity index (χ3n) is 4.88. The highest BCUT2D eigenvalue weighted by atomic mass is 35.5. The highest BCUT2D eigenvalue weighted by Gasteiger charge is 2.26. The van der Waals surface area contributed by atoms with Gasteiger partial charge in [0.1, 0.15) is 5.15 Å². The first kappa shape index (κ1) is 17.9. The van der Waals surface area contributed by atoms with Gasteiger partial charge in [0.05, 0.1) is 0 Å². The molecule has 1 saturated heterocycles. The number of benzene rings is 1. The predicted molar refractivity (Wildman–Crippen MR) is 101 cm³/mol. The Morgan fingerprint density at radius 1 is 1.32 bits per heavy atom. The van der Waals surface area contributed by atoms with E-state index in [1.165, 1.54) is 5.56 Å². The summed E-state index contributed by atoms with van der Waals surface area (Å²) in [5.74, 6) is 0.0132. The topological polar surface area (TPSA) is 36.4 Å². The highest BCUT2D eigenvalue weighted by molar-refractivity contribution is 6.29. The molecule has 1 aliphatic heterocycles. The minimum absolute atomic E-state index is 0.0132. The molecule has 0 bridgehead atoms. The average molecular weight is 358 g/mol. The SMILES string of the molecule is CN(C(=O)c1ccnc(Cl)c1)C1CCCN(CCc2ccccc2)C1. The number of nitrogens with zero attached hydrogens (tertiary/aromatic N) is 3. The summed E-state index contributed by atoms with van der Waals surface area (Å²) in [5, 5.41) is 0.354. The van der Waals surface area contributed by atoms with Gasteiger partial charge >= 0.3 is 0 Å². The zero-order chi connectivity index (χ0) is 17.6. The second-order valence-corrected chi connectivity index (χ2v) is 7.00. The van der Waals surface area contributed by atoms with Crippen molar-refractivity contribution in [3.63, 3.8) is 0 Å². The number of piperidine rings is 1. The third-order valence-corrected chi connectivity index (χ3v) is 5.09. The number of carbonyl (C=O) groups excluding carboxylic acids is 1. The van der Waals surface area contributed by atoms with Crippen LogP contribution in [0.2, 0.25) is 5.15 Å². The van der Waals surface area contributed by atoms with E-state index in [1.807, 2.05) is 18.0 Å². The summed E-state index contributed by atoms with van der Waals surface area (Å²) in [6.07, 6.45) is 4.79. The highest BCUT2D eigenvalue weighted by Crippen LogP contribution is 2.18. The van der Waals surface area contributed by atoms with Gasteiger partial charge in [0.25, 0.3) is 5.91 Å². The normalized spacial score (nSPS) is 18.1. The number of amides is 1. The Labute approximate surface area is 154 Å². The van der Waals surface area contributed by atoms with Crippen molar-refractivity contribution in [1.82, 2.24) is 14.8 Å². The lowest BCUT2D eigenvalue weighted by atomic mass is 10.0. The molecule has 1 atom stereocenters. The second kappa shape index (κ2) is 8.45. The Morgan fingerprint density at radius 3 is 2.88 bits per heavy atom. The molecule has 0 spiro atoms. The van der Waals surface area contributed by atoms with Crippen molar-refractivity contribution in [2.75, 3.05) is 26.7 Å². The van der Waals surface area contributed by atoms with E-state index >= 15 is 0 Å². The number of pyridine rings is 1. The smallest absolute Gasteiger partial charge is 0.254 e. The molecule has 3 rings (SSSR count). The van der Waals surface area contributed by atoms with Crippen molar-refractivity contribution in [2.24, 2.45) is 0 Å². The summed E-state index contributed by atoms with van der Waals surface area (Å²) in [7, 11) is 1.89. The predicted octanol–water partition coefficient (Wildman–Crippen LogP) is 3.51. The van der Waals surface area contributed by atoms with Crippen LogP contribution in [0.1, 0.15) is 28.8 Å². The van der Waals surface area contributed by atoms with Crippen LogP contribution in [0.4, 0.5) is 0 Å². The van der Waals surface area contributed by atoms with E-state index in [4.69, 9.17) is 11.6 Å². The number of rotatable bonds is 5. The fourth-order valence-electron chi connectivity index (χ4n) is 3.39.